The highest BCUT2D eigenvalue weighted by Crippen LogP contribution is 1.92. The summed E-state index contributed by atoms with van der Waals surface area (Å²) in [5.74, 6) is -2.46. The van der Waals surface area contributed by atoms with Gasteiger partial charge in [-0.3, -0.25) is 24.2 Å². The molecule has 0 aliphatic rings. The average Bonchev–Trinajstić information content (AvgIpc) is 2.31. The van der Waals surface area contributed by atoms with Crippen LogP contribution in [-0.4, -0.2) is 103 Å². The topological polar surface area (TPSA) is 127 Å². The standard InChI is InChI=1S/C12H24N4O5/c1-14(3-4-15(2)8-11(18)19)5-6-16(7-10(13)17)9-12(20)21/h3-9H2,1-2H3,(H2,13,17)(H,18,19)(H,20,21). The van der Waals surface area contributed by atoms with Gasteiger partial charge in [0.1, 0.15) is 0 Å². The smallest absolute Gasteiger partial charge is 0.317 e. The Morgan fingerprint density at radius 1 is 0.810 bits per heavy atom. The fraction of sp³-hybridized carbons (Fsp3) is 0.750. The third kappa shape index (κ3) is 11.8. The van der Waals surface area contributed by atoms with Crippen molar-refractivity contribution >= 4 is 17.8 Å². The molecule has 0 aromatic heterocycles. The summed E-state index contributed by atoms with van der Waals surface area (Å²) in [6.07, 6.45) is 0. The van der Waals surface area contributed by atoms with Crippen molar-refractivity contribution in [3.05, 3.63) is 0 Å². The van der Waals surface area contributed by atoms with E-state index >= 15 is 0 Å². The molecule has 0 heterocycles. The molecule has 0 aromatic rings. The minimum absolute atomic E-state index is 0.0271. The molecule has 0 atom stereocenters. The number of aliphatic carboxylic acids is 2. The van der Waals surface area contributed by atoms with E-state index in [0.717, 1.165) is 0 Å². The van der Waals surface area contributed by atoms with Crippen molar-refractivity contribution in [2.24, 2.45) is 5.73 Å². The maximum atomic E-state index is 10.9. The number of hydrogen-bond acceptors (Lipinski definition) is 6. The van der Waals surface area contributed by atoms with Gasteiger partial charge in [-0.1, -0.05) is 0 Å². The molecule has 9 nitrogen and oxygen atoms in total. The maximum Gasteiger partial charge on any atom is 0.317 e. The molecular formula is C12H24N4O5. The number of carboxylic acid groups (broad SMARTS) is 2. The second-order valence-electron chi connectivity index (χ2n) is 5.01. The van der Waals surface area contributed by atoms with E-state index in [1.165, 1.54) is 4.90 Å². The maximum absolute atomic E-state index is 10.9. The van der Waals surface area contributed by atoms with Crippen molar-refractivity contribution in [3.63, 3.8) is 0 Å². The first-order valence-corrected chi connectivity index (χ1v) is 6.52. The molecule has 0 rings (SSSR count). The van der Waals surface area contributed by atoms with E-state index in [4.69, 9.17) is 15.9 Å². The van der Waals surface area contributed by atoms with E-state index < -0.39 is 17.8 Å². The largest absolute Gasteiger partial charge is 0.480 e. The third-order valence-electron chi connectivity index (χ3n) is 2.80. The number of carbonyl (C=O) groups excluding carboxylic acids is 1. The molecule has 0 fully saturated rings. The molecule has 0 unspecified atom stereocenters. The van der Waals surface area contributed by atoms with Gasteiger partial charge in [0.15, 0.2) is 0 Å². The van der Waals surface area contributed by atoms with Gasteiger partial charge in [-0.25, -0.2) is 0 Å². The Kier molecular flexibility index (Phi) is 9.26. The number of hydrogen-bond donors (Lipinski definition) is 3. The van der Waals surface area contributed by atoms with E-state index in [1.807, 2.05) is 11.9 Å². The number of nitrogens with zero attached hydrogens (tertiary/aromatic N) is 3. The highest BCUT2D eigenvalue weighted by Gasteiger charge is 2.13. The SMILES string of the molecule is CN(CCN(C)CC(=O)O)CCN(CC(N)=O)CC(=O)O. The van der Waals surface area contributed by atoms with Gasteiger partial charge in [0, 0.05) is 26.2 Å². The van der Waals surface area contributed by atoms with E-state index in [0.29, 0.717) is 26.2 Å². The van der Waals surface area contributed by atoms with Crippen molar-refractivity contribution < 1.29 is 24.6 Å². The number of amides is 1. The van der Waals surface area contributed by atoms with Crippen molar-refractivity contribution in [1.82, 2.24) is 14.7 Å². The molecule has 0 saturated heterocycles. The Bertz CT molecular complexity index is 348. The van der Waals surface area contributed by atoms with Gasteiger partial charge in [-0.05, 0) is 14.1 Å². The first-order chi connectivity index (χ1) is 9.70. The van der Waals surface area contributed by atoms with Gasteiger partial charge in [0.2, 0.25) is 5.91 Å². The number of likely N-dealkylation sites (N-methyl/N-ethyl adjacent to an activating group) is 2. The minimum atomic E-state index is -1.01. The first kappa shape index (κ1) is 19.3. The summed E-state index contributed by atoms with van der Waals surface area (Å²) < 4.78 is 0. The monoisotopic (exact) mass is 304 g/mol. The van der Waals surface area contributed by atoms with Crippen LogP contribution in [-0.2, 0) is 14.4 Å². The Balaban J connectivity index is 4.05. The zero-order valence-corrected chi connectivity index (χ0v) is 12.5. The summed E-state index contributed by atoms with van der Waals surface area (Å²) in [6, 6.07) is 0. The number of carboxylic acids is 2. The molecule has 9 heteroatoms. The number of primary amides is 1. The molecule has 0 saturated carbocycles. The van der Waals surface area contributed by atoms with Crippen LogP contribution >= 0.6 is 0 Å². The van der Waals surface area contributed by atoms with Crippen LogP contribution in [0.1, 0.15) is 0 Å². The predicted octanol–water partition coefficient (Wildman–Crippen LogP) is -2.19. The van der Waals surface area contributed by atoms with Gasteiger partial charge in [0.05, 0.1) is 19.6 Å². The zero-order chi connectivity index (χ0) is 16.4. The predicted molar refractivity (Wildman–Crippen MR) is 75.9 cm³/mol. The van der Waals surface area contributed by atoms with Crippen molar-refractivity contribution in [1.29, 1.82) is 0 Å². The summed E-state index contributed by atoms with van der Waals surface area (Å²) in [5.41, 5.74) is 5.07. The van der Waals surface area contributed by atoms with Crippen LogP contribution in [0, 0.1) is 0 Å². The molecule has 0 aromatic carbocycles. The van der Waals surface area contributed by atoms with E-state index in [2.05, 4.69) is 0 Å². The van der Waals surface area contributed by atoms with Gasteiger partial charge in [-0.2, -0.15) is 0 Å². The summed E-state index contributed by atoms with van der Waals surface area (Å²) in [7, 11) is 3.56. The van der Waals surface area contributed by atoms with Crippen LogP contribution < -0.4 is 5.73 Å². The second kappa shape index (κ2) is 10.1. The average molecular weight is 304 g/mol. The zero-order valence-electron chi connectivity index (χ0n) is 12.5. The molecule has 1 amide bonds. The second-order valence-corrected chi connectivity index (χ2v) is 5.01. The molecule has 0 spiro atoms. The molecule has 4 N–H and O–H groups in total. The van der Waals surface area contributed by atoms with Crippen LogP contribution in [0.4, 0.5) is 0 Å². The molecule has 0 bridgehead atoms. The Hall–Kier alpha value is -1.71. The molecular weight excluding hydrogens is 280 g/mol. The van der Waals surface area contributed by atoms with Crippen LogP contribution in [0.15, 0.2) is 0 Å². The normalized spacial score (nSPS) is 11.3. The molecule has 122 valence electrons. The highest BCUT2D eigenvalue weighted by molar-refractivity contribution is 5.77. The van der Waals surface area contributed by atoms with Crippen molar-refractivity contribution in [3.8, 4) is 0 Å². The Morgan fingerprint density at radius 3 is 1.76 bits per heavy atom. The lowest BCUT2D eigenvalue weighted by Crippen LogP contribution is -2.42. The minimum Gasteiger partial charge on any atom is -0.480 e. The van der Waals surface area contributed by atoms with Crippen LogP contribution in [0.3, 0.4) is 0 Å². The van der Waals surface area contributed by atoms with Crippen molar-refractivity contribution in [2.75, 3.05) is 59.9 Å². The molecule has 21 heavy (non-hydrogen) atoms. The molecule has 0 aliphatic heterocycles. The van der Waals surface area contributed by atoms with Crippen LogP contribution in [0.2, 0.25) is 0 Å². The van der Waals surface area contributed by atoms with E-state index in [1.54, 1.807) is 11.9 Å². The summed E-state index contributed by atoms with van der Waals surface area (Å²) >= 11 is 0. The number of nitrogens with two attached hydrogens (primary N) is 1. The molecule has 0 aliphatic carbocycles. The number of carbonyl (C=O) groups is 3. The fourth-order valence-corrected chi connectivity index (χ4v) is 1.70. The first-order valence-electron chi connectivity index (χ1n) is 6.52. The quantitative estimate of drug-likeness (QED) is 0.371. The van der Waals surface area contributed by atoms with Gasteiger partial charge >= 0.3 is 11.9 Å². The van der Waals surface area contributed by atoms with E-state index in [-0.39, 0.29) is 19.6 Å². The van der Waals surface area contributed by atoms with Crippen LogP contribution in [0.5, 0.6) is 0 Å². The lowest BCUT2D eigenvalue weighted by molar-refractivity contribution is -0.139. The Morgan fingerprint density at radius 2 is 1.29 bits per heavy atom. The van der Waals surface area contributed by atoms with Crippen LogP contribution in [0.25, 0.3) is 0 Å². The van der Waals surface area contributed by atoms with Gasteiger partial charge in [-0.15, -0.1) is 0 Å². The van der Waals surface area contributed by atoms with Gasteiger partial charge < -0.3 is 20.8 Å². The summed E-state index contributed by atoms with van der Waals surface area (Å²) in [6.45, 7) is 1.81. The number of rotatable bonds is 12. The van der Waals surface area contributed by atoms with Gasteiger partial charge in [0.25, 0.3) is 0 Å². The Labute approximate surface area is 123 Å². The summed E-state index contributed by atoms with van der Waals surface area (Å²) in [5, 5.41) is 17.4. The molecule has 0 radical (unpaired) electrons. The fourth-order valence-electron chi connectivity index (χ4n) is 1.70. The van der Waals surface area contributed by atoms with Crippen molar-refractivity contribution in [2.45, 2.75) is 0 Å². The highest BCUT2D eigenvalue weighted by atomic mass is 16.4. The lowest BCUT2D eigenvalue weighted by Gasteiger charge is -2.24. The lowest BCUT2D eigenvalue weighted by atomic mass is 10.4. The third-order valence-corrected chi connectivity index (χ3v) is 2.80. The summed E-state index contributed by atoms with van der Waals surface area (Å²) in [4.78, 5) is 37.1. The van der Waals surface area contributed by atoms with E-state index in [9.17, 15) is 14.4 Å².